The Morgan fingerprint density at radius 2 is 1.86 bits per heavy atom. The van der Waals surface area contributed by atoms with Gasteiger partial charge < -0.3 is 16.4 Å². The highest BCUT2D eigenvalue weighted by atomic mass is 32.1. The smallest absolute Gasteiger partial charge is 0.360 e. The van der Waals surface area contributed by atoms with Crippen LogP contribution in [0.2, 0.25) is 0 Å². The van der Waals surface area contributed by atoms with Gasteiger partial charge in [0.15, 0.2) is 5.13 Å². The maximum Gasteiger partial charge on any atom is 0.416 e. The van der Waals surface area contributed by atoms with Crippen molar-refractivity contribution >= 4 is 33.1 Å². The first-order valence-electron chi connectivity index (χ1n) is 11.7. The maximum absolute atomic E-state index is 13.7. The van der Waals surface area contributed by atoms with E-state index in [4.69, 9.17) is 5.73 Å². The summed E-state index contributed by atoms with van der Waals surface area (Å²) < 4.78 is 52.0. The number of aromatic nitrogens is 2. The number of rotatable bonds is 8. The number of nitrogens with two attached hydrogens (primary N) is 1. The molecular weight excluding hydrogens is 506 g/mol. The van der Waals surface area contributed by atoms with Crippen LogP contribution in [-0.4, -0.2) is 34.5 Å². The van der Waals surface area contributed by atoms with Crippen LogP contribution in [0.15, 0.2) is 54.7 Å². The van der Waals surface area contributed by atoms with E-state index in [1.807, 2.05) is 12.1 Å². The standard InChI is InChI=1S/C26H23F4N5OS/c27-21-11-17-10-15(3-4-16(17)12-32-21)23-22(24(36)34-20-7-8-20)35-25(37-23)33-13-19(31)9-14-1-5-18(6-2-14)26(28,29)30/h1-6,10-12,19-20H,7-9,13,31H2,(H,33,35)(H,34,36). The molecule has 11 heteroatoms. The molecule has 192 valence electrons. The number of nitrogens with zero attached hydrogens (tertiary/aromatic N) is 2. The van der Waals surface area contributed by atoms with Gasteiger partial charge in [-0.05, 0) is 54.0 Å². The van der Waals surface area contributed by atoms with Crippen LogP contribution in [0.1, 0.15) is 34.5 Å². The highest BCUT2D eigenvalue weighted by Gasteiger charge is 2.30. The molecule has 1 amide bonds. The van der Waals surface area contributed by atoms with E-state index in [9.17, 15) is 22.4 Å². The first-order valence-corrected chi connectivity index (χ1v) is 12.5. The van der Waals surface area contributed by atoms with E-state index in [2.05, 4.69) is 20.6 Å². The second-order valence-corrected chi connectivity index (χ2v) is 10.1. The van der Waals surface area contributed by atoms with Gasteiger partial charge in [-0.25, -0.2) is 9.97 Å². The molecule has 0 bridgehead atoms. The predicted octanol–water partition coefficient (Wildman–Crippen LogP) is 5.39. The largest absolute Gasteiger partial charge is 0.416 e. The molecule has 1 unspecified atom stereocenters. The molecule has 4 aromatic rings. The SMILES string of the molecule is NC(CNc1nc(C(=O)NC2CC2)c(-c2ccc3cnc(F)cc3c2)s1)Cc1ccc(C(F)(F)F)cc1. The Morgan fingerprint density at radius 3 is 2.57 bits per heavy atom. The molecule has 1 fully saturated rings. The molecule has 1 aliphatic carbocycles. The summed E-state index contributed by atoms with van der Waals surface area (Å²) in [5.41, 5.74) is 7.18. The summed E-state index contributed by atoms with van der Waals surface area (Å²) in [5, 5.41) is 8.02. The molecule has 0 radical (unpaired) electrons. The molecule has 4 N–H and O–H groups in total. The second kappa shape index (κ2) is 10.1. The monoisotopic (exact) mass is 529 g/mol. The number of anilines is 1. The molecular formula is C26H23F4N5OS. The summed E-state index contributed by atoms with van der Waals surface area (Å²) in [7, 11) is 0. The summed E-state index contributed by atoms with van der Waals surface area (Å²) in [5.74, 6) is -0.873. The highest BCUT2D eigenvalue weighted by Crippen LogP contribution is 2.35. The van der Waals surface area contributed by atoms with Crippen LogP contribution in [0.3, 0.4) is 0 Å². The third-order valence-electron chi connectivity index (χ3n) is 6.00. The quantitative estimate of drug-likeness (QED) is 0.210. The van der Waals surface area contributed by atoms with E-state index in [0.29, 0.717) is 33.9 Å². The predicted molar refractivity (Wildman–Crippen MR) is 135 cm³/mol. The maximum atomic E-state index is 13.7. The fourth-order valence-corrected chi connectivity index (χ4v) is 4.87. The lowest BCUT2D eigenvalue weighted by atomic mass is 10.0. The average Bonchev–Trinajstić information content (AvgIpc) is 3.56. The summed E-state index contributed by atoms with van der Waals surface area (Å²) in [6, 6.07) is 11.4. The van der Waals surface area contributed by atoms with Crippen molar-refractivity contribution in [1.82, 2.24) is 15.3 Å². The van der Waals surface area contributed by atoms with Crippen LogP contribution in [0, 0.1) is 5.95 Å². The number of hydrogen-bond donors (Lipinski definition) is 3. The number of carbonyl (C=O) groups is 1. The van der Waals surface area contributed by atoms with Crippen molar-refractivity contribution in [3.05, 3.63) is 77.5 Å². The summed E-state index contributed by atoms with van der Waals surface area (Å²) in [6.45, 7) is 0.298. The Labute approximate surface area is 213 Å². The van der Waals surface area contributed by atoms with Crippen LogP contribution in [0.5, 0.6) is 0 Å². The van der Waals surface area contributed by atoms with Gasteiger partial charge in [0.1, 0.15) is 5.69 Å². The molecule has 6 nitrogen and oxygen atoms in total. The van der Waals surface area contributed by atoms with Gasteiger partial charge in [-0.1, -0.05) is 35.6 Å². The lowest BCUT2D eigenvalue weighted by Crippen LogP contribution is -2.31. The van der Waals surface area contributed by atoms with Gasteiger partial charge in [0, 0.05) is 36.3 Å². The van der Waals surface area contributed by atoms with Crippen molar-refractivity contribution < 1.29 is 22.4 Å². The molecule has 2 heterocycles. The van der Waals surface area contributed by atoms with Gasteiger partial charge in [0.2, 0.25) is 5.95 Å². The number of fused-ring (bicyclic) bond motifs is 1. The molecule has 0 saturated heterocycles. The zero-order valence-electron chi connectivity index (χ0n) is 19.5. The Bertz CT molecular complexity index is 1430. The van der Waals surface area contributed by atoms with Gasteiger partial charge in [-0.2, -0.15) is 17.6 Å². The van der Waals surface area contributed by atoms with E-state index >= 15 is 0 Å². The van der Waals surface area contributed by atoms with Gasteiger partial charge in [0.05, 0.1) is 10.4 Å². The van der Waals surface area contributed by atoms with Crippen molar-refractivity contribution in [2.75, 3.05) is 11.9 Å². The number of pyridine rings is 1. The van der Waals surface area contributed by atoms with Crippen molar-refractivity contribution in [2.45, 2.75) is 37.5 Å². The van der Waals surface area contributed by atoms with E-state index in [-0.39, 0.29) is 17.6 Å². The lowest BCUT2D eigenvalue weighted by molar-refractivity contribution is -0.137. The van der Waals surface area contributed by atoms with E-state index in [1.165, 1.54) is 35.7 Å². The molecule has 1 saturated carbocycles. The zero-order chi connectivity index (χ0) is 26.2. The number of benzene rings is 2. The zero-order valence-corrected chi connectivity index (χ0v) is 20.3. The molecule has 0 spiro atoms. The van der Waals surface area contributed by atoms with Gasteiger partial charge in [0.25, 0.3) is 5.91 Å². The number of carbonyl (C=O) groups excluding carboxylic acids is 1. The molecule has 2 aromatic heterocycles. The van der Waals surface area contributed by atoms with Crippen LogP contribution < -0.4 is 16.4 Å². The fourth-order valence-electron chi connectivity index (χ4n) is 3.91. The van der Waals surface area contributed by atoms with Crippen LogP contribution in [-0.2, 0) is 12.6 Å². The highest BCUT2D eigenvalue weighted by molar-refractivity contribution is 7.19. The Kier molecular flexibility index (Phi) is 6.82. The van der Waals surface area contributed by atoms with Crippen LogP contribution >= 0.6 is 11.3 Å². The van der Waals surface area contributed by atoms with Crippen LogP contribution in [0.4, 0.5) is 22.7 Å². The van der Waals surface area contributed by atoms with Crippen LogP contribution in [0.25, 0.3) is 21.2 Å². The average molecular weight is 530 g/mol. The minimum atomic E-state index is -4.38. The second-order valence-electron chi connectivity index (χ2n) is 9.05. The third-order valence-corrected chi connectivity index (χ3v) is 7.06. The van der Waals surface area contributed by atoms with Crippen molar-refractivity contribution in [1.29, 1.82) is 0 Å². The van der Waals surface area contributed by atoms with E-state index < -0.39 is 23.7 Å². The van der Waals surface area contributed by atoms with Crippen molar-refractivity contribution in [3.8, 4) is 10.4 Å². The number of hydrogen-bond acceptors (Lipinski definition) is 6. The Morgan fingerprint density at radius 1 is 1.11 bits per heavy atom. The Balaban J connectivity index is 1.33. The fraction of sp³-hybridized carbons (Fsp3) is 0.269. The van der Waals surface area contributed by atoms with E-state index in [1.54, 1.807) is 6.07 Å². The number of alkyl halides is 3. The van der Waals surface area contributed by atoms with Crippen molar-refractivity contribution in [3.63, 3.8) is 0 Å². The molecule has 2 aromatic carbocycles. The topological polar surface area (TPSA) is 92.9 Å². The van der Waals surface area contributed by atoms with Gasteiger partial charge in [-0.3, -0.25) is 4.79 Å². The van der Waals surface area contributed by atoms with Crippen molar-refractivity contribution in [2.24, 2.45) is 5.73 Å². The lowest BCUT2D eigenvalue weighted by Gasteiger charge is -2.13. The summed E-state index contributed by atoms with van der Waals surface area (Å²) in [6.07, 6.45) is -0.714. The molecule has 1 atom stereocenters. The van der Waals surface area contributed by atoms with E-state index in [0.717, 1.165) is 35.9 Å². The third kappa shape index (κ3) is 6.05. The Hall–Kier alpha value is -3.57. The minimum absolute atomic E-state index is 0.146. The number of halogens is 4. The molecule has 1 aliphatic rings. The minimum Gasteiger partial charge on any atom is -0.360 e. The number of nitrogens with one attached hydrogen (secondary N) is 2. The van der Waals surface area contributed by atoms with Gasteiger partial charge in [-0.15, -0.1) is 0 Å². The van der Waals surface area contributed by atoms with Gasteiger partial charge >= 0.3 is 6.18 Å². The number of thiazole rings is 1. The molecule has 5 rings (SSSR count). The summed E-state index contributed by atoms with van der Waals surface area (Å²) in [4.78, 5) is 21.7. The molecule has 0 aliphatic heterocycles. The summed E-state index contributed by atoms with van der Waals surface area (Å²) >= 11 is 1.28. The first-order chi connectivity index (χ1) is 17.7. The normalized spacial score (nSPS) is 14.5. The number of amides is 1. The molecule has 37 heavy (non-hydrogen) atoms. The first kappa shape index (κ1) is 25.1.